The van der Waals surface area contributed by atoms with Crippen molar-refractivity contribution in [1.29, 1.82) is 0 Å². The standard InChI is InChI=1S/C16H24.C2H5.Al/c1-2-4-6-8-14(7-5-3-1)16-12-13-9-10-15(16)11-13;1-2;/h5,12-16H,1-4,6,8-11H2;1H2,2H3;. The van der Waals surface area contributed by atoms with Crippen LogP contribution in [0.3, 0.4) is 0 Å². The van der Waals surface area contributed by atoms with E-state index in [0.717, 1.165) is 11.8 Å². The molecule has 0 aromatic rings. The van der Waals surface area contributed by atoms with Gasteiger partial charge in [0, 0.05) is 0 Å². The van der Waals surface area contributed by atoms with Gasteiger partial charge in [0.1, 0.15) is 0 Å². The summed E-state index contributed by atoms with van der Waals surface area (Å²) >= 11 is -0.563. The Hall–Kier alpha value is 0.272. The van der Waals surface area contributed by atoms with Crippen LogP contribution in [0, 0.1) is 23.7 Å². The summed E-state index contributed by atoms with van der Waals surface area (Å²) in [6.07, 6.45) is 16.6. The monoisotopic (exact) mass is 272 g/mol. The maximum atomic E-state index is 2.79. The molecule has 5 atom stereocenters. The molecule has 3 aliphatic carbocycles. The highest BCUT2D eigenvalue weighted by Crippen LogP contribution is 2.66. The van der Waals surface area contributed by atoms with E-state index in [1.807, 2.05) is 0 Å². The predicted molar refractivity (Wildman–Crippen MR) is 83.6 cm³/mol. The van der Waals surface area contributed by atoms with Gasteiger partial charge >= 0.3 is 14.1 Å². The molecule has 2 saturated carbocycles. The molecule has 1 saturated heterocycles. The highest BCUT2D eigenvalue weighted by molar-refractivity contribution is 6.69. The topological polar surface area (TPSA) is 0 Å². The molecule has 0 aromatic carbocycles. The van der Waals surface area contributed by atoms with Crippen LogP contribution in [0.5, 0.6) is 0 Å². The first-order valence-electron chi connectivity index (χ1n) is 9.10. The summed E-state index contributed by atoms with van der Waals surface area (Å²) in [5.41, 5.74) is 0. The lowest BCUT2D eigenvalue weighted by Gasteiger charge is -2.30. The third-order valence-electron chi connectivity index (χ3n) is 7.12. The highest BCUT2D eigenvalue weighted by atomic mass is 27.2. The van der Waals surface area contributed by atoms with Crippen LogP contribution < -0.4 is 0 Å². The molecule has 0 radical (unpaired) electrons. The van der Waals surface area contributed by atoms with Crippen LogP contribution in [0.15, 0.2) is 10.5 Å². The van der Waals surface area contributed by atoms with Gasteiger partial charge in [-0.05, 0) is 55.8 Å². The lowest BCUT2D eigenvalue weighted by atomic mass is 9.77. The predicted octanol–water partition coefficient (Wildman–Crippen LogP) is 5.37. The lowest BCUT2D eigenvalue weighted by molar-refractivity contribution is 0.261. The van der Waals surface area contributed by atoms with Crippen molar-refractivity contribution in [1.82, 2.24) is 0 Å². The van der Waals surface area contributed by atoms with Gasteiger partial charge in [-0.3, -0.25) is 0 Å². The smallest absolute Gasteiger partial charge is 0.131 e. The van der Waals surface area contributed by atoms with Crippen molar-refractivity contribution in [2.24, 2.45) is 23.7 Å². The molecule has 19 heavy (non-hydrogen) atoms. The Labute approximate surface area is 123 Å². The van der Waals surface area contributed by atoms with E-state index < -0.39 is 14.1 Å². The first-order valence-corrected chi connectivity index (χ1v) is 11.2. The van der Waals surface area contributed by atoms with Crippen LogP contribution in [0.2, 0.25) is 10.1 Å². The molecule has 5 unspecified atom stereocenters. The molecule has 3 fully saturated rings. The van der Waals surface area contributed by atoms with Crippen molar-refractivity contribution < 1.29 is 0 Å². The van der Waals surface area contributed by atoms with Crippen molar-refractivity contribution in [3.63, 3.8) is 0 Å². The van der Waals surface area contributed by atoms with E-state index in [0.29, 0.717) is 0 Å². The summed E-state index contributed by atoms with van der Waals surface area (Å²) < 4.78 is 3.34. The average Bonchev–Trinajstić information content (AvgIpc) is 3.09. The summed E-state index contributed by atoms with van der Waals surface area (Å²) in [6, 6.07) is 0. The van der Waals surface area contributed by atoms with Crippen LogP contribution in [0.1, 0.15) is 64.7 Å². The van der Waals surface area contributed by atoms with E-state index in [-0.39, 0.29) is 0 Å². The van der Waals surface area contributed by atoms with E-state index in [1.165, 1.54) is 48.7 Å². The Morgan fingerprint density at radius 2 is 1.89 bits per heavy atom. The van der Waals surface area contributed by atoms with E-state index in [1.54, 1.807) is 31.0 Å². The van der Waals surface area contributed by atoms with Gasteiger partial charge in [-0.25, -0.2) is 0 Å². The normalized spacial score (nSPS) is 47.9. The second-order valence-corrected chi connectivity index (χ2v) is 11.3. The van der Waals surface area contributed by atoms with Gasteiger partial charge in [0.2, 0.25) is 0 Å². The molecule has 0 N–H and O–H groups in total. The highest BCUT2D eigenvalue weighted by Gasteiger charge is 2.59. The minimum atomic E-state index is -0.563. The third kappa shape index (κ3) is 1.99. The Morgan fingerprint density at radius 3 is 2.79 bits per heavy atom. The van der Waals surface area contributed by atoms with Gasteiger partial charge in [0.15, 0.2) is 0 Å². The second kappa shape index (κ2) is 5.23. The lowest BCUT2D eigenvalue weighted by Crippen LogP contribution is -2.24. The molecule has 104 valence electrons. The van der Waals surface area contributed by atoms with Gasteiger partial charge in [-0.15, -0.1) is 10.5 Å². The molecule has 1 heteroatoms. The number of rotatable bonds is 1. The minimum Gasteiger partial charge on any atom is -0.131 e. The fourth-order valence-electron chi connectivity index (χ4n) is 6.59. The fourth-order valence-corrected chi connectivity index (χ4v) is 11.6. The zero-order valence-electron chi connectivity index (χ0n) is 12.6. The van der Waals surface area contributed by atoms with Crippen LogP contribution in [-0.4, -0.2) is 14.1 Å². The van der Waals surface area contributed by atoms with Gasteiger partial charge in [-0.2, -0.15) is 0 Å². The minimum absolute atomic E-state index is 0.563. The van der Waals surface area contributed by atoms with Crippen LogP contribution in [-0.2, 0) is 0 Å². The zero-order valence-corrected chi connectivity index (χ0v) is 13.8. The van der Waals surface area contributed by atoms with Gasteiger partial charge in [-0.1, -0.05) is 42.7 Å². The molecule has 0 amide bonds. The van der Waals surface area contributed by atoms with E-state index in [2.05, 4.69) is 17.4 Å². The Bertz CT molecular complexity index is 372. The third-order valence-corrected chi connectivity index (χ3v) is 11.4. The maximum absolute atomic E-state index is 2.79. The van der Waals surface area contributed by atoms with Crippen molar-refractivity contribution in [2.75, 3.05) is 0 Å². The first kappa shape index (κ1) is 13.0. The number of hydrogen-bond donors (Lipinski definition) is 0. The van der Waals surface area contributed by atoms with E-state index in [9.17, 15) is 0 Å². The molecule has 0 spiro atoms. The SMILES string of the molecule is C[CH2][Al]1/[C]2=C/CCCCCCC2C2C3CCC(C3)[CH]21. The summed E-state index contributed by atoms with van der Waals surface area (Å²) in [5.74, 6) is 4.60. The maximum Gasteiger partial charge on any atom is 0.302 e. The van der Waals surface area contributed by atoms with Crippen molar-refractivity contribution in [3.05, 3.63) is 10.5 Å². The second-order valence-electron chi connectivity index (χ2n) is 7.80. The van der Waals surface area contributed by atoms with Gasteiger partial charge in [0.05, 0.1) is 0 Å². The average molecular weight is 272 g/mol. The molecule has 0 aromatic heterocycles. The van der Waals surface area contributed by atoms with Crippen molar-refractivity contribution in [2.45, 2.75) is 74.8 Å². The molecular weight excluding hydrogens is 243 g/mol. The Morgan fingerprint density at radius 1 is 1.05 bits per heavy atom. The van der Waals surface area contributed by atoms with E-state index in [4.69, 9.17) is 0 Å². The molecule has 0 nitrogen and oxygen atoms in total. The molecule has 2 bridgehead atoms. The molecule has 1 aliphatic heterocycles. The number of fused-ring (bicyclic) bond motifs is 7. The van der Waals surface area contributed by atoms with Crippen molar-refractivity contribution >= 4 is 14.1 Å². The van der Waals surface area contributed by atoms with Gasteiger partial charge < -0.3 is 0 Å². The molecule has 4 rings (SSSR count). The fraction of sp³-hybridized carbons (Fsp3) is 0.889. The Kier molecular flexibility index (Phi) is 3.57. The Balaban J connectivity index is 1.68. The van der Waals surface area contributed by atoms with E-state index >= 15 is 0 Å². The van der Waals surface area contributed by atoms with Gasteiger partial charge in [0.25, 0.3) is 0 Å². The first-order chi connectivity index (χ1) is 9.40. The molecular formula is C18H29Al. The summed E-state index contributed by atoms with van der Waals surface area (Å²) in [5, 5.41) is 1.56. The summed E-state index contributed by atoms with van der Waals surface area (Å²) in [6.45, 7) is 2.52. The number of allylic oxidation sites excluding steroid dienone is 2. The zero-order chi connectivity index (χ0) is 12.8. The van der Waals surface area contributed by atoms with Crippen LogP contribution in [0.25, 0.3) is 0 Å². The van der Waals surface area contributed by atoms with Crippen LogP contribution >= 0.6 is 0 Å². The quantitative estimate of drug-likeness (QED) is 0.563. The molecule has 4 aliphatic rings. The summed E-state index contributed by atoms with van der Waals surface area (Å²) in [4.78, 5) is 0. The summed E-state index contributed by atoms with van der Waals surface area (Å²) in [7, 11) is 0. The van der Waals surface area contributed by atoms with Crippen LogP contribution in [0.4, 0.5) is 0 Å². The molecule has 1 heterocycles. The largest absolute Gasteiger partial charge is 0.302 e. The van der Waals surface area contributed by atoms with Crippen molar-refractivity contribution in [3.8, 4) is 0 Å². The number of hydrogen-bond acceptors (Lipinski definition) is 0.